The molecule has 2 aliphatic rings. The summed E-state index contributed by atoms with van der Waals surface area (Å²) in [5.41, 5.74) is 0.902. The van der Waals surface area contributed by atoms with Crippen molar-refractivity contribution in [3.8, 4) is 0 Å². The van der Waals surface area contributed by atoms with E-state index in [0.717, 1.165) is 24.8 Å². The molecule has 0 bridgehead atoms. The number of halogens is 1. The quantitative estimate of drug-likeness (QED) is 0.794. The SMILES string of the molecule is O=C(c1ccncc1F)N1CCO[C@@H](CN2CCOCC2)[C@@H]1c1cccnc1. The first-order chi connectivity index (χ1) is 13.7. The van der Waals surface area contributed by atoms with Gasteiger partial charge in [0.1, 0.15) is 0 Å². The predicted octanol–water partition coefficient (Wildman–Crippen LogP) is 1.53. The molecule has 0 spiro atoms. The van der Waals surface area contributed by atoms with E-state index in [9.17, 15) is 9.18 Å². The van der Waals surface area contributed by atoms with Gasteiger partial charge in [0, 0.05) is 44.8 Å². The molecule has 1 amide bonds. The lowest BCUT2D eigenvalue weighted by molar-refractivity contribution is -0.0820. The van der Waals surface area contributed by atoms with Gasteiger partial charge in [-0.2, -0.15) is 0 Å². The molecule has 148 valence electrons. The molecular formula is C20H23FN4O3. The van der Waals surface area contributed by atoms with Gasteiger partial charge in [-0.15, -0.1) is 0 Å². The number of rotatable bonds is 4. The maximum atomic E-state index is 14.2. The molecule has 0 N–H and O–H groups in total. The number of amides is 1. The van der Waals surface area contributed by atoms with Gasteiger partial charge >= 0.3 is 0 Å². The van der Waals surface area contributed by atoms with Crippen LogP contribution in [0.25, 0.3) is 0 Å². The summed E-state index contributed by atoms with van der Waals surface area (Å²) in [6, 6.07) is 4.85. The highest BCUT2D eigenvalue weighted by Crippen LogP contribution is 2.31. The lowest BCUT2D eigenvalue weighted by Crippen LogP contribution is -2.53. The maximum absolute atomic E-state index is 14.2. The fourth-order valence-electron chi connectivity index (χ4n) is 3.80. The third kappa shape index (κ3) is 4.04. The number of aromatic nitrogens is 2. The minimum Gasteiger partial charge on any atom is -0.379 e. The smallest absolute Gasteiger partial charge is 0.257 e. The van der Waals surface area contributed by atoms with Crippen molar-refractivity contribution >= 4 is 5.91 Å². The fraction of sp³-hybridized carbons (Fsp3) is 0.450. The van der Waals surface area contributed by atoms with E-state index in [0.29, 0.717) is 32.9 Å². The molecule has 0 aliphatic carbocycles. The fourth-order valence-corrected chi connectivity index (χ4v) is 3.80. The molecule has 2 aromatic rings. The van der Waals surface area contributed by atoms with Crippen LogP contribution in [-0.4, -0.2) is 77.8 Å². The van der Waals surface area contributed by atoms with E-state index in [-0.39, 0.29) is 23.6 Å². The molecular weight excluding hydrogens is 363 g/mol. The molecule has 2 aliphatic heterocycles. The number of nitrogens with zero attached hydrogens (tertiary/aromatic N) is 4. The molecule has 0 unspecified atom stereocenters. The maximum Gasteiger partial charge on any atom is 0.257 e. The Morgan fingerprint density at radius 3 is 2.68 bits per heavy atom. The predicted molar refractivity (Wildman–Crippen MR) is 99.2 cm³/mol. The van der Waals surface area contributed by atoms with Gasteiger partial charge < -0.3 is 14.4 Å². The number of pyridine rings is 2. The highest BCUT2D eigenvalue weighted by Gasteiger charge is 2.38. The van der Waals surface area contributed by atoms with E-state index in [1.807, 2.05) is 12.1 Å². The standard InChI is InChI=1S/C20H23FN4O3/c21-17-13-23-5-3-16(17)20(26)25-8-11-28-18(14-24-6-9-27-10-7-24)19(25)15-2-1-4-22-12-15/h1-5,12-13,18-19H,6-11,14H2/t18-,19-/m0/s1. The van der Waals surface area contributed by atoms with Crippen molar-refractivity contribution in [1.29, 1.82) is 0 Å². The number of hydrogen-bond donors (Lipinski definition) is 0. The van der Waals surface area contributed by atoms with E-state index in [1.165, 1.54) is 12.3 Å². The molecule has 2 fully saturated rings. The molecule has 0 radical (unpaired) electrons. The van der Waals surface area contributed by atoms with Crippen LogP contribution in [0.5, 0.6) is 0 Å². The molecule has 2 aromatic heterocycles. The Balaban J connectivity index is 1.64. The molecule has 7 nitrogen and oxygen atoms in total. The second-order valence-electron chi connectivity index (χ2n) is 6.91. The van der Waals surface area contributed by atoms with Gasteiger partial charge in [0.05, 0.1) is 43.7 Å². The Bertz CT molecular complexity index is 801. The summed E-state index contributed by atoms with van der Waals surface area (Å²) in [4.78, 5) is 25.1. The van der Waals surface area contributed by atoms with Crippen molar-refractivity contribution in [1.82, 2.24) is 19.8 Å². The average Bonchev–Trinajstić information content (AvgIpc) is 2.75. The zero-order chi connectivity index (χ0) is 19.3. The Kier molecular flexibility index (Phi) is 5.90. The van der Waals surface area contributed by atoms with Gasteiger partial charge in [0.15, 0.2) is 5.82 Å². The van der Waals surface area contributed by atoms with Crippen molar-refractivity contribution in [3.63, 3.8) is 0 Å². The van der Waals surface area contributed by atoms with Gasteiger partial charge in [0.25, 0.3) is 5.91 Å². The van der Waals surface area contributed by atoms with E-state index < -0.39 is 5.82 Å². The molecule has 4 rings (SSSR count). The summed E-state index contributed by atoms with van der Waals surface area (Å²) < 4.78 is 25.7. The first-order valence-corrected chi connectivity index (χ1v) is 9.46. The molecule has 4 heterocycles. The van der Waals surface area contributed by atoms with Crippen LogP contribution in [0.15, 0.2) is 43.0 Å². The second kappa shape index (κ2) is 8.72. The van der Waals surface area contributed by atoms with Gasteiger partial charge in [-0.25, -0.2) is 4.39 Å². The first kappa shape index (κ1) is 18.9. The highest BCUT2D eigenvalue weighted by atomic mass is 19.1. The molecule has 28 heavy (non-hydrogen) atoms. The third-order valence-electron chi connectivity index (χ3n) is 5.18. The lowest BCUT2D eigenvalue weighted by Gasteiger charge is -2.43. The van der Waals surface area contributed by atoms with Crippen molar-refractivity contribution in [2.24, 2.45) is 0 Å². The van der Waals surface area contributed by atoms with Crippen LogP contribution in [0, 0.1) is 5.82 Å². The summed E-state index contributed by atoms with van der Waals surface area (Å²) in [6.07, 6.45) is 5.71. The zero-order valence-electron chi connectivity index (χ0n) is 15.5. The van der Waals surface area contributed by atoms with E-state index in [2.05, 4.69) is 14.9 Å². The molecule has 0 aromatic carbocycles. The van der Waals surface area contributed by atoms with Crippen molar-refractivity contribution in [2.75, 3.05) is 46.0 Å². The normalized spacial score (nSPS) is 23.5. The topological polar surface area (TPSA) is 67.8 Å². The summed E-state index contributed by atoms with van der Waals surface area (Å²) in [5.74, 6) is -0.974. The zero-order valence-corrected chi connectivity index (χ0v) is 15.5. The average molecular weight is 386 g/mol. The number of carbonyl (C=O) groups excluding carboxylic acids is 1. The van der Waals surface area contributed by atoms with Crippen LogP contribution >= 0.6 is 0 Å². The lowest BCUT2D eigenvalue weighted by atomic mass is 9.97. The van der Waals surface area contributed by atoms with Crippen LogP contribution in [-0.2, 0) is 9.47 Å². The van der Waals surface area contributed by atoms with Crippen molar-refractivity contribution in [3.05, 3.63) is 59.9 Å². The highest BCUT2D eigenvalue weighted by molar-refractivity contribution is 5.94. The van der Waals surface area contributed by atoms with Gasteiger partial charge in [-0.05, 0) is 17.7 Å². The van der Waals surface area contributed by atoms with E-state index in [4.69, 9.17) is 9.47 Å². The Hall–Kier alpha value is -2.42. The van der Waals surface area contributed by atoms with Crippen LogP contribution < -0.4 is 0 Å². The van der Waals surface area contributed by atoms with E-state index >= 15 is 0 Å². The number of ether oxygens (including phenoxy) is 2. The minimum absolute atomic E-state index is 0.0240. The van der Waals surface area contributed by atoms with Crippen LogP contribution in [0.4, 0.5) is 4.39 Å². The summed E-state index contributed by atoms with van der Waals surface area (Å²) in [6.45, 7) is 4.50. The first-order valence-electron chi connectivity index (χ1n) is 9.46. The van der Waals surface area contributed by atoms with Crippen LogP contribution in [0.3, 0.4) is 0 Å². The Morgan fingerprint density at radius 2 is 1.93 bits per heavy atom. The molecule has 2 saturated heterocycles. The molecule has 8 heteroatoms. The monoisotopic (exact) mass is 386 g/mol. The van der Waals surface area contributed by atoms with Crippen molar-refractivity contribution in [2.45, 2.75) is 12.1 Å². The Labute approximate surface area is 163 Å². The third-order valence-corrected chi connectivity index (χ3v) is 5.18. The number of carbonyl (C=O) groups is 1. The van der Waals surface area contributed by atoms with Gasteiger partial charge in [-0.3, -0.25) is 19.7 Å². The Morgan fingerprint density at radius 1 is 1.11 bits per heavy atom. The second-order valence-corrected chi connectivity index (χ2v) is 6.91. The summed E-state index contributed by atoms with van der Waals surface area (Å²) >= 11 is 0. The number of hydrogen-bond acceptors (Lipinski definition) is 6. The number of morpholine rings is 2. The van der Waals surface area contributed by atoms with Crippen LogP contribution in [0.1, 0.15) is 22.0 Å². The van der Waals surface area contributed by atoms with Crippen molar-refractivity contribution < 1.29 is 18.7 Å². The molecule has 2 atom stereocenters. The summed E-state index contributed by atoms with van der Waals surface area (Å²) in [7, 11) is 0. The van der Waals surface area contributed by atoms with Gasteiger partial charge in [0.2, 0.25) is 0 Å². The van der Waals surface area contributed by atoms with Crippen LogP contribution in [0.2, 0.25) is 0 Å². The minimum atomic E-state index is -0.617. The van der Waals surface area contributed by atoms with Gasteiger partial charge in [-0.1, -0.05) is 6.07 Å². The largest absolute Gasteiger partial charge is 0.379 e. The summed E-state index contributed by atoms with van der Waals surface area (Å²) in [5, 5.41) is 0. The van der Waals surface area contributed by atoms with E-state index in [1.54, 1.807) is 17.3 Å². The molecule has 0 saturated carbocycles.